The van der Waals surface area contributed by atoms with E-state index in [1.54, 1.807) is 23.1 Å². The zero-order valence-electron chi connectivity index (χ0n) is 31.2. The van der Waals surface area contributed by atoms with Gasteiger partial charge in [-0.2, -0.15) is 4.57 Å². The number of aromatic nitrogens is 2. The first-order chi connectivity index (χ1) is 25.2. The highest BCUT2D eigenvalue weighted by Gasteiger charge is 2.52. The zero-order valence-corrected chi connectivity index (χ0v) is 32.2. The van der Waals surface area contributed by atoms with Crippen molar-refractivity contribution in [2.45, 2.75) is 88.7 Å². The van der Waals surface area contributed by atoms with Crippen LogP contribution in [0.25, 0.3) is 0 Å². The van der Waals surface area contributed by atoms with Gasteiger partial charge in [0.25, 0.3) is 11.5 Å². The average Bonchev–Trinajstić information content (AvgIpc) is 3.46. The lowest BCUT2D eigenvalue weighted by atomic mass is 10.1. The predicted octanol–water partition coefficient (Wildman–Crippen LogP) is 2.66. The molecule has 1 fully saturated rings. The lowest BCUT2D eigenvalue weighted by Crippen LogP contribution is -2.52. The largest absolute Gasteiger partial charge is 0.407 e. The maximum atomic E-state index is 14.0. The van der Waals surface area contributed by atoms with Crippen LogP contribution in [-0.2, 0) is 28.2 Å². The number of hydrogen-bond donors (Lipinski definition) is 1. The molecule has 0 spiro atoms. The molecule has 1 N–H and O–H groups in total. The number of amides is 1. The minimum atomic E-state index is -2.67. The summed E-state index contributed by atoms with van der Waals surface area (Å²) in [6.45, 7) is 9.55. The van der Waals surface area contributed by atoms with E-state index in [2.05, 4.69) is 17.8 Å². The molecule has 0 radical (unpaired) electrons. The second-order valence-electron chi connectivity index (χ2n) is 14.1. The Labute approximate surface area is 312 Å². The normalized spacial score (nSPS) is 18.6. The van der Waals surface area contributed by atoms with Crippen LogP contribution in [0.15, 0.2) is 52.2 Å². The highest BCUT2D eigenvalue weighted by Crippen LogP contribution is 2.42. The van der Waals surface area contributed by atoms with E-state index < -0.39 is 75.2 Å². The van der Waals surface area contributed by atoms with Gasteiger partial charge in [0.2, 0.25) is 5.91 Å². The molecule has 14 heteroatoms. The standard InChI is InChI=1S/C39H51N3O10Si/c1-9-12-13-17-21-40(30(26-48-23-10-2)27-49-24-11-3)33(45)28-50-34-31(25-43)51-37(35(34)52-53(7,8)39(4,5)6)41-22-20-32(44)42(38(41)47)36(46)29-18-15-14-16-19-29/h1-3,14-16,18-20,22,30-31,34-35,37,43H,12-13,17,21,23-28H2,4-8H3/t31-,34-,35-,37-/m1/s1. The summed E-state index contributed by atoms with van der Waals surface area (Å²) in [7, 11) is -2.67. The van der Waals surface area contributed by atoms with E-state index in [9.17, 15) is 24.3 Å². The fourth-order valence-corrected chi connectivity index (χ4v) is 6.80. The first-order valence-corrected chi connectivity index (χ1v) is 20.4. The first kappa shape index (κ1) is 43.1. The molecule has 2 aromatic rings. The lowest BCUT2D eigenvalue weighted by Gasteiger charge is -2.40. The Bertz CT molecular complexity index is 1740. The molecule has 0 saturated carbocycles. The first-order valence-electron chi connectivity index (χ1n) is 17.5. The highest BCUT2D eigenvalue weighted by molar-refractivity contribution is 6.74. The van der Waals surface area contributed by atoms with Gasteiger partial charge in [-0.3, -0.25) is 19.0 Å². The number of aliphatic hydroxyl groups is 1. The molecule has 4 atom stereocenters. The summed E-state index contributed by atoms with van der Waals surface area (Å²) in [5, 5.41) is 10.2. The minimum Gasteiger partial charge on any atom is -0.407 e. The molecule has 1 aliphatic heterocycles. The van der Waals surface area contributed by atoms with Gasteiger partial charge in [0.15, 0.2) is 14.5 Å². The van der Waals surface area contributed by atoms with Gasteiger partial charge in [-0.25, -0.2) is 4.79 Å². The number of terminal acetylenes is 3. The van der Waals surface area contributed by atoms with Crippen molar-refractivity contribution in [3.63, 3.8) is 0 Å². The molecular weight excluding hydrogens is 699 g/mol. The third kappa shape index (κ3) is 11.3. The second kappa shape index (κ2) is 20.2. The summed E-state index contributed by atoms with van der Waals surface area (Å²) in [5.41, 5.74) is -1.66. The quantitative estimate of drug-likeness (QED) is 0.129. The van der Waals surface area contributed by atoms with Gasteiger partial charge in [0.1, 0.15) is 38.1 Å². The summed E-state index contributed by atoms with van der Waals surface area (Å²) in [5.74, 6) is 6.19. The molecule has 1 amide bonds. The number of aliphatic hydroxyl groups excluding tert-OH is 1. The van der Waals surface area contributed by atoms with Gasteiger partial charge in [-0.05, 0) is 43.1 Å². The van der Waals surface area contributed by atoms with E-state index in [4.69, 9.17) is 42.6 Å². The van der Waals surface area contributed by atoms with Crippen LogP contribution in [0.1, 0.15) is 56.6 Å². The summed E-state index contributed by atoms with van der Waals surface area (Å²) < 4.78 is 32.2. The van der Waals surface area contributed by atoms with E-state index in [1.165, 1.54) is 18.3 Å². The van der Waals surface area contributed by atoms with Gasteiger partial charge in [-0.15, -0.1) is 25.2 Å². The SMILES string of the molecule is C#CCCCCN(C(=O)CO[C@H]1[C@@H](O[Si](C)(C)C(C)(C)C)[C@H](n2ccc(=O)n(C(=O)c3ccccc3)c2=O)O[C@@H]1CO)C(COCC#C)COCC#C. The Hall–Kier alpha value is -4.30. The molecule has 0 bridgehead atoms. The third-order valence-electron chi connectivity index (χ3n) is 9.33. The van der Waals surface area contributed by atoms with Crippen molar-refractivity contribution in [2.75, 3.05) is 46.2 Å². The van der Waals surface area contributed by atoms with Crippen molar-refractivity contribution in [1.82, 2.24) is 14.0 Å². The Balaban J connectivity index is 2.02. The van der Waals surface area contributed by atoms with Crippen molar-refractivity contribution in [3.8, 4) is 37.0 Å². The molecule has 286 valence electrons. The number of unbranched alkanes of at least 4 members (excludes halogenated alkanes) is 2. The van der Waals surface area contributed by atoms with Gasteiger partial charge in [0.05, 0.1) is 25.9 Å². The Kier molecular flexibility index (Phi) is 16.5. The fourth-order valence-electron chi connectivity index (χ4n) is 5.51. The Morgan fingerprint density at radius 3 is 2.19 bits per heavy atom. The smallest absolute Gasteiger partial charge is 0.340 e. The second-order valence-corrected chi connectivity index (χ2v) is 18.8. The molecule has 1 aromatic heterocycles. The molecule has 53 heavy (non-hydrogen) atoms. The van der Waals surface area contributed by atoms with Crippen molar-refractivity contribution in [2.24, 2.45) is 0 Å². The van der Waals surface area contributed by atoms with Gasteiger partial charge < -0.3 is 33.4 Å². The van der Waals surface area contributed by atoms with Crippen LogP contribution >= 0.6 is 0 Å². The van der Waals surface area contributed by atoms with Gasteiger partial charge in [0, 0.05) is 30.8 Å². The minimum absolute atomic E-state index is 0.0242. The number of benzene rings is 1. The molecule has 13 nitrogen and oxygen atoms in total. The summed E-state index contributed by atoms with van der Waals surface area (Å²) in [6.07, 6.45) is 14.8. The van der Waals surface area contributed by atoms with E-state index >= 15 is 0 Å². The monoisotopic (exact) mass is 749 g/mol. The van der Waals surface area contributed by atoms with Crippen LogP contribution in [0.3, 0.4) is 0 Å². The molecule has 1 aliphatic rings. The van der Waals surface area contributed by atoms with Crippen LogP contribution in [-0.4, -0.2) is 110 Å². The van der Waals surface area contributed by atoms with Crippen LogP contribution in [0.5, 0.6) is 0 Å². The van der Waals surface area contributed by atoms with E-state index in [1.807, 2.05) is 33.9 Å². The Morgan fingerprint density at radius 1 is 0.981 bits per heavy atom. The Morgan fingerprint density at radius 2 is 1.62 bits per heavy atom. The average molecular weight is 750 g/mol. The zero-order chi connectivity index (χ0) is 39.2. The number of nitrogens with zero attached hydrogens (tertiary/aromatic N) is 3. The van der Waals surface area contributed by atoms with Crippen molar-refractivity contribution < 1.29 is 38.1 Å². The van der Waals surface area contributed by atoms with E-state index in [0.29, 0.717) is 30.4 Å². The van der Waals surface area contributed by atoms with Crippen LogP contribution < -0.4 is 11.2 Å². The van der Waals surface area contributed by atoms with Crippen molar-refractivity contribution >= 4 is 20.1 Å². The van der Waals surface area contributed by atoms with E-state index in [-0.39, 0.29) is 37.0 Å². The molecular formula is C39H51N3O10Si. The molecule has 2 heterocycles. The molecule has 3 rings (SSSR count). The van der Waals surface area contributed by atoms with Crippen LogP contribution in [0.2, 0.25) is 18.1 Å². The number of carbonyl (C=O) groups excluding carboxylic acids is 2. The molecule has 0 aliphatic carbocycles. The lowest BCUT2D eigenvalue weighted by molar-refractivity contribution is -0.146. The van der Waals surface area contributed by atoms with Crippen LogP contribution in [0.4, 0.5) is 0 Å². The fraction of sp³-hybridized carbons (Fsp3) is 0.538. The summed E-state index contributed by atoms with van der Waals surface area (Å²) in [6, 6.07) is 8.45. The van der Waals surface area contributed by atoms with E-state index in [0.717, 1.165) is 10.6 Å². The third-order valence-corrected chi connectivity index (χ3v) is 13.8. The van der Waals surface area contributed by atoms with Crippen molar-refractivity contribution in [1.29, 1.82) is 0 Å². The van der Waals surface area contributed by atoms with Gasteiger partial charge >= 0.3 is 5.69 Å². The topological polar surface area (TPSA) is 148 Å². The van der Waals surface area contributed by atoms with Crippen LogP contribution in [0, 0.1) is 37.0 Å². The summed E-state index contributed by atoms with van der Waals surface area (Å²) in [4.78, 5) is 55.9. The maximum Gasteiger partial charge on any atom is 0.340 e. The predicted molar refractivity (Wildman–Crippen MR) is 201 cm³/mol. The molecule has 1 aromatic carbocycles. The summed E-state index contributed by atoms with van der Waals surface area (Å²) >= 11 is 0. The van der Waals surface area contributed by atoms with Crippen molar-refractivity contribution in [3.05, 3.63) is 69.0 Å². The number of ether oxygens (including phenoxy) is 4. The molecule has 1 saturated heterocycles. The van der Waals surface area contributed by atoms with Gasteiger partial charge in [-0.1, -0.05) is 50.8 Å². The maximum absolute atomic E-state index is 14.0. The number of hydrogen-bond acceptors (Lipinski definition) is 10. The number of carbonyl (C=O) groups is 2. The highest BCUT2D eigenvalue weighted by atomic mass is 28.4. The molecule has 0 unspecified atom stereocenters. The number of rotatable bonds is 19.